The predicted molar refractivity (Wildman–Crippen MR) is 83.6 cm³/mol. The first-order valence-corrected chi connectivity index (χ1v) is 7.17. The molecule has 0 unspecified atom stereocenters. The molecule has 20 heavy (non-hydrogen) atoms. The molecule has 4 heteroatoms. The van der Waals surface area contributed by atoms with Crippen LogP contribution in [0.25, 0.3) is 0 Å². The van der Waals surface area contributed by atoms with Crippen LogP contribution in [-0.2, 0) is 19.4 Å². The fourth-order valence-corrected chi connectivity index (χ4v) is 2.20. The average Bonchev–Trinajstić information content (AvgIpc) is 2.45. The van der Waals surface area contributed by atoms with Crippen LogP contribution < -0.4 is 11.1 Å². The molecule has 0 spiro atoms. The first kappa shape index (κ1) is 14.3. The third kappa shape index (κ3) is 3.70. The van der Waals surface area contributed by atoms with Crippen LogP contribution in [0.1, 0.15) is 37.2 Å². The molecular formula is C16H22N4. The van der Waals surface area contributed by atoms with Gasteiger partial charge in [-0.2, -0.15) is 0 Å². The molecule has 2 rings (SSSR count). The zero-order valence-corrected chi connectivity index (χ0v) is 12.2. The summed E-state index contributed by atoms with van der Waals surface area (Å²) in [7, 11) is 0. The van der Waals surface area contributed by atoms with Crippen molar-refractivity contribution < 1.29 is 0 Å². The number of aromatic nitrogens is 2. The van der Waals surface area contributed by atoms with Crippen molar-refractivity contribution in [2.24, 2.45) is 0 Å². The molecule has 0 atom stereocenters. The van der Waals surface area contributed by atoms with Gasteiger partial charge >= 0.3 is 0 Å². The summed E-state index contributed by atoms with van der Waals surface area (Å²) in [5.41, 5.74) is 8.48. The molecule has 3 N–H and O–H groups in total. The Hall–Kier alpha value is -2.10. The smallest absolute Gasteiger partial charge is 0.133 e. The second kappa shape index (κ2) is 6.89. The van der Waals surface area contributed by atoms with E-state index in [1.807, 2.05) is 0 Å². The Labute approximate surface area is 120 Å². The maximum absolute atomic E-state index is 5.82. The second-order valence-corrected chi connectivity index (χ2v) is 4.82. The lowest BCUT2D eigenvalue weighted by Crippen LogP contribution is -2.07. The number of rotatable bonds is 6. The number of anilines is 2. The van der Waals surface area contributed by atoms with E-state index in [1.54, 1.807) is 6.07 Å². The lowest BCUT2D eigenvalue weighted by Gasteiger charge is -2.11. The van der Waals surface area contributed by atoms with Gasteiger partial charge in [-0.25, -0.2) is 9.97 Å². The van der Waals surface area contributed by atoms with Crippen LogP contribution in [0.3, 0.4) is 0 Å². The molecule has 1 heterocycles. The van der Waals surface area contributed by atoms with E-state index in [2.05, 4.69) is 53.4 Å². The number of nitrogens with zero attached hydrogens (tertiary/aromatic N) is 2. The monoisotopic (exact) mass is 270 g/mol. The molecular weight excluding hydrogens is 248 g/mol. The van der Waals surface area contributed by atoms with Crippen LogP contribution >= 0.6 is 0 Å². The number of nitrogen functional groups attached to an aromatic ring is 1. The van der Waals surface area contributed by atoms with Crippen molar-refractivity contribution in [3.8, 4) is 0 Å². The quantitative estimate of drug-likeness (QED) is 0.846. The molecule has 0 fully saturated rings. The van der Waals surface area contributed by atoms with Crippen molar-refractivity contribution in [3.63, 3.8) is 0 Å². The molecule has 2 aromatic rings. The highest BCUT2D eigenvalue weighted by atomic mass is 15.0. The van der Waals surface area contributed by atoms with Gasteiger partial charge in [-0.05, 0) is 24.0 Å². The second-order valence-electron chi connectivity index (χ2n) is 4.82. The van der Waals surface area contributed by atoms with Gasteiger partial charge in [0.15, 0.2) is 0 Å². The maximum atomic E-state index is 5.82. The van der Waals surface area contributed by atoms with E-state index in [1.165, 1.54) is 11.1 Å². The van der Waals surface area contributed by atoms with Crippen LogP contribution in [0.15, 0.2) is 30.3 Å². The van der Waals surface area contributed by atoms with E-state index in [4.69, 9.17) is 5.73 Å². The van der Waals surface area contributed by atoms with Gasteiger partial charge in [0.1, 0.15) is 17.5 Å². The van der Waals surface area contributed by atoms with E-state index < -0.39 is 0 Å². The first-order chi connectivity index (χ1) is 9.72. The van der Waals surface area contributed by atoms with E-state index in [-0.39, 0.29) is 0 Å². The molecule has 106 valence electrons. The highest BCUT2D eigenvalue weighted by Gasteiger charge is 2.04. The van der Waals surface area contributed by atoms with Crippen molar-refractivity contribution in [1.29, 1.82) is 0 Å². The maximum Gasteiger partial charge on any atom is 0.133 e. The highest BCUT2D eigenvalue weighted by Crippen LogP contribution is 2.14. The molecule has 0 aliphatic heterocycles. The standard InChI is InChI=1S/C16H22N4/c1-3-7-15-19-14(17)10-16(20-15)18-11-13-9-6-5-8-12(13)4-2/h5-6,8-10H,3-4,7,11H2,1-2H3,(H3,17,18,19,20). The van der Waals surface area contributed by atoms with Gasteiger partial charge in [0.05, 0.1) is 0 Å². The SMILES string of the molecule is CCCc1nc(N)cc(NCc2ccccc2CC)n1. The van der Waals surface area contributed by atoms with Crippen molar-refractivity contribution in [3.05, 3.63) is 47.3 Å². The fraction of sp³-hybridized carbons (Fsp3) is 0.375. The number of nitrogens with two attached hydrogens (primary N) is 1. The van der Waals surface area contributed by atoms with Crippen molar-refractivity contribution >= 4 is 11.6 Å². The number of aryl methyl sites for hydroxylation is 2. The Morgan fingerprint density at radius 3 is 2.55 bits per heavy atom. The molecule has 0 saturated heterocycles. The molecule has 0 saturated carbocycles. The molecule has 1 aromatic carbocycles. The van der Waals surface area contributed by atoms with Crippen molar-refractivity contribution in [2.75, 3.05) is 11.1 Å². The summed E-state index contributed by atoms with van der Waals surface area (Å²) >= 11 is 0. The van der Waals surface area contributed by atoms with Gasteiger partial charge in [0, 0.05) is 19.0 Å². The molecule has 1 aromatic heterocycles. The van der Waals surface area contributed by atoms with Gasteiger partial charge in [-0.3, -0.25) is 0 Å². The third-order valence-corrected chi connectivity index (χ3v) is 3.23. The lowest BCUT2D eigenvalue weighted by atomic mass is 10.1. The summed E-state index contributed by atoms with van der Waals surface area (Å²) in [6, 6.07) is 10.2. The Morgan fingerprint density at radius 1 is 1.10 bits per heavy atom. The van der Waals surface area contributed by atoms with E-state index in [9.17, 15) is 0 Å². The summed E-state index contributed by atoms with van der Waals surface area (Å²) < 4.78 is 0. The van der Waals surface area contributed by atoms with Crippen molar-refractivity contribution in [1.82, 2.24) is 9.97 Å². The molecule has 0 aliphatic rings. The van der Waals surface area contributed by atoms with Crippen LogP contribution in [0.2, 0.25) is 0 Å². The van der Waals surface area contributed by atoms with Gasteiger partial charge in [0.2, 0.25) is 0 Å². The minimum atomic E-state index is 0.523. The van der Waals surface area contributed by atoms with Crippen LogP contribution in [0, 0.1) is 0 Å². The summed E-state index contributed by atoms with van der Waals surface area (Å²) in [4.78, 5) is 8.73. The third-order valence-electron chi connectivity index (χ3n) is 3.23. The van der Waals surface area contributed by atoms with E-state index >= 15 is 0 Å². The molecule has 0 aliphatic carbocycles. The number of hydrogen-bond acceptors (Lipinski definition) is 4. The Kier molecular flexibility index (Phi) is 4.93. The Bertz CT molecular complexity index is 566. The predicted octanol–water partition coefficient (Wildman–Crippen LogP) is 3.19. The van der Waals surface area contributed by atoms with Crippen LogP contribution in [0.4, 0.5) is 11.6 Å². The lowest BCUT2D eigenvalue weighted by molar-refractivity contribution is 0.836. The van der Waals surface area contributed by atoms with Crippen LogP contribution in [-0.4, -0.2) is 9.97 Å². The largest absolute Gasteiger partial charge is 0.384 e. The molecule has 4 nitrogen and oxygen atoms in total. The Morgan fingerprint density at radius 2 is 1.85 bits per heavy atom. The zero-order chi connectivity index (χ0) is 14.4. The summed E-state index contributed by atoms with van der Waals surface area (Å²) in [6.45, 7) is 5.03. The molecule has 0 amide bonds. The minimum Gasteiger partial charge on any atom is -0.384 e. The summed E-state index contributed by atoms with van der Waals surface area (Å²) in [5, 5.41) is 3.34. The highest BCUT2D eigenvalue weighted by molar-refractivity contribution is 5.45. The number of benzene rings is 1. The van der Waals surface area contributed by atoms with Crippen LogP contribution in [0.5, 0.6) is 0 Å². The normalized spacial score (nSPS) is 10.5. The molecule has 0 bridgehead atoms. The van der Waals surface area contributed by atoms with Gasteiger partial charge in [0.25, 0.3) is 0 Å². The number of nitrogens with one attached hydrogen (secondary N) is 1. The summed E-state index contributed by atoms with van der Waals surface area (Å²) in [5.74, 6) is 2.13. The van der Waals surface area contributed by atoms with Crippen molar-refractivity contribution in [2.45, 2.75) is 39.7 Å². The first-order valence-electron chi connectivity index (χ1n) is 7.17. The minimum absolute atomic E-state index is 0.523. The number of hydrogen-bond donors (Lipinski definition) is 2. The average molecular weight is 270 g/mol. The van der Waals surface area contributed by atoms with Gasteiger partial charge in [-0.1, -0.05) is 38.1 Å². The van der Waals surface area contributed by atoms with Gasteiger partial charge in [-0.15, -0.1) is 0 Å². The topological polar surface area (TPSA) is 63.8 Å². The Balaban J connectivity index is 2.10. The van der Waals surface area contributed by atoms with E-state index in [0.717, 1.165) is 37.4 Å². The summed E-state index contributed by atoms with van der Waals surface area (Å²) in [6.07, 6.45) is 2.90. The zero-order valence-electron chi connectivity index (χ0n) is 12.2. The van der Waals surface area contributed by atoms with E-state index in [0.29, 0.717) is 5.82 Å². The van der Waals surface area contributed by atoms with Gasteiger partial charge < -0.3 is 11.1 Å². The fourth-order valence-electron chi connectivity index (χ4n) is 2.20. The molecule has 0 radical (unpaired) electrons.